The van der Waals surface area contributed by atoms with Gasteiger partial charge in [0.2, 0.25) is 0 Å². The average molecular weight is 765 g/mol. The molecule has 14 nitrogen and oxygen atoms in total. The minimum absolute atomic E-state index is 0.00816. The van der Waals surface area contributed by atoms with Crippen molar-refractivity contribution in [2.24, 2.45) is 40.4 Å². The second kappa shape index (κ2) is 14.1. The molecule has 6 N–H and O–H groups in total. The van der Waals surface area contributed by atoms with Gasteiger partial charge in [0.05, 0.1) is 37.6 Å². The van der Waals surface area contributed by atoms with E-state index in [1.165, 1.54) is 6.92 Å². The minimum Gasteiger partial charge on any atom is -0.457 e. The van der Waals surface area contributed by atoms with E-state index in [2.05, 4.69) is 33.4 Å². The Hall–Kier alpha value is -1.53. The van der Waals surface area contributed by atoms with Gasteiger partial charge in [-0.15, -0.1) is 0 Å². The Labute approximate surface area is 316 Å². The van der Waals surface area contributed by atoms with Gasteiger partial charge in [-0.25, -0.2) is 0 Å². The van der Waals surface area contributed by atoms with Crippen LogP contribution in [0.1, 0.15) is 79.6 Å². The van der Waals surface area contributed by atoms with Gasteiger partial charge in [0.15, 0.2) is 24.5 Å². The number of esters is 1. The van der Waals surface area contributed by atoms with Gasteiger partial charge in [-0.05, 0) is 73.7 Å². The molecule has 54 heavy (non-hydrogen) atoms. The summed E-state index contributed by atoms with van der Waals surface area (Å²) in [7, 11) is 0. The van der Waals surface area contributed by atoms with Gasteiger partial charge in [-0.1, -0.05) is 39.0 Å². The normalized spacial score (nSPS) is 55.7. The molecule has 0 bridgehead atoms. The highest BCUT2D eigenvalue weighted by atomic mass is 16.8. The fourth-order valence-corrected chi connectivity index (χ4v) is 12.7. The highest BCUT2D eigenvalue weighted by molar-refractivity contribution is 5.66. The van der Waals surface area contributed by atoms with Crippen molar-refractivity contribution in [3.8, 4) is 0 Å². The first kappa shape index (κ1) is 39.3. The van der Waals surface area contributed by atoms with Gasteiger partial charge in [-0.3, -0.25) is 4.79 Å². The summed E-state index contributed by atoms with van der Waals surface area (Å²) in [6.45, 7) is 13.8. The molecule has 7 fully saturated rings. The van der Waals surface area contributed by atoms with Crippen LogP contribution in [0, 0.1) is 40.4 Å². The molecular formula is C40H60O14. The number of hydrogen-bond donors (Lipinski definition) is 6. The molecule has 4 aliphatic carbocycles. The van der Waals surface area contributed by atoms with Crippen molar-refractivity contribution < 1.29 is 68.6 Å². The van der Waals surface area contributed by atoms with Crippen molar-refractivity contribution in [2.45, 2.75) is 165 Å². The summed E-state index contributed by atoms with van der Waals surface area (Å²) in [5.41, 5.74) is 1.50. The third kappa shape index (κ3) is 6.00. The van der Waals surface area contributed by atoms with E-state index >= 15 is 0 Å². The largest absolute Gasteiger partial charge is 0.457 e. The van der Waals surface area contributed by atoms with Gasteiger partial charge in [0.1, 0.15) is 36.6 Å². The van der Waals surface area contributed by atoms with Gasteiger partial charge < -0.3 is 63.8 Å². The molecule has 0 aromatic rings. The molecule has 14 heteroatoms. The Morgan fingerprint density at radius 1 is 0.944 bits per heavy atom. The Morgan fingerprint density at radius 2 is 1.70 bits per heavy atom. The Balaban J connectivity index is 1.03. The number of rotatable bonds is 5. The summed E-state index contributed by atoms with van der Waals surface area (Å²) in [5, 5.41) is 66.1. The molecule has 3 saturated carbocycles. The molecule has 304 valence electrons. The van der Waals surface area contributed by atoms with Crippen LogP contribution in [0.3, 0.4) is 0 Å². The van der Waals surface area contributed by atoms with E-state index in [1.54, 1.807) is 6.92 Å². The minimum atomic E-state index is -1.66. The second-order valence-corrected chi connectivity index (χ2v) is 18.2. The Bertz CT molecular complexity index is 1490. The van der Waals surface area contributed by atoms with Gasteiger partial charge in [0, 0.05) is 31.1 Å². The Kier molecular flexibility index (Phi) is 10.3. The number of fused-ring (bicyclic) bond motifs is 7. The zero-order chi connectivity index (χ0) is 38.6. The fraction of sp³-hybridized carbons (Fsp3) is 0.875. The van der Waals surface area contributed by atoms with Crippen molar-refractivity contribution in [3.05, 3.63) is 23.8 Å². The molecular weight excluding hydrogens is 704 g/mol. The smallest absolute Gasteiger partial charge is 0.303 e. The molecule has 4 saturated heterocycles. The molecule has 4 heterocycles. The molecule has 21 atom stereocenters. The molecule has 0 amide bonds. The zero-order valence-corrected chi connectivity index (χ0v) is 32.0. The predicted molar refractivity (Wildman–Crippen MR) is 188 cm³/mol. The second-order valence-electron chi connectivity index (χ2n) is 18.2. The lowest BCUT2D eigenvalue weighted by molar-refractivity contribution is -0.363. The first-order valence-electron chi connectivity index (χ1n) is 20.0. The number of aliphatic hydroxyl groups excluding tert-OH is 6. The summed E-state index contributed by atoms with van der Waals surface area (Å²) in [4.78, 5) is 11.6. The van der Waals surface area contributed by atoms with Gasteiger partial charge in [0.25, 0.3) is 0 Å². The van der Waals surface area contributed by atoms with Crippen LogP contribution in [0.5, 0.6) is 0 Å². The molecule has 8 aliphatic rings. The van der Waals surface area contributed by atoms with Crippen LogP contribution in [-0.2, 0) is 38.0 Å². The van der Waals surface area contributed by atoms with Crippen molar-refractivity contribution in [1.82, 2.24) is 0 Å². The maximum atomic E-state index is 11.6. The first-order valence-corrected chi connectivity index (χ1v) is 20.0. The highest BCUT2D eigenvalue weighted by Crippen LogP contribution is 2.71. The third-order valence-corrected chi connectivity index (χ3v) is 15.3. The van der Waals surface area contributed by atoms with E-state index in [-0.39, 0.29) is 35.9 Å². The van der Waals surface area contributed by atoms with Crippen molar-refractivity contribution in [3.63, 3.8) is 0 Å². The lowest BCUT2D eigenvalue weighted by Crippen LogP contribution is -2.63. The van der Waals surface area contributed by atoms with Crippen LogP contribution in [0.2, 0.25) is 0 Å². The van der Waals surface area contributed by atoms with Gasteiger partial charge >= 0.3 is 5.97 Å². The quantitative estimate of drug-likeness (QED) is 0.174. The molecule has 0 aromatic heterocycles. The highest BCUT2D eigenvalue weighted by Gasteiger charge is 2.71. The van der Waals surface area contributed by atoms with Crippen LogP contribution < -0.4 is 0 Å². The molecule has 0 radical (unpaired) electrons. The van der Waals surface area contributed by atoms with Crippen LogP contribution in [0.25, 0.3) is 0 Å². The lowest BCUT2D eigenvalue weighted by atomic mass is 9.46. The standard InChI is InChI=1S/C40H60O14/c1-17-11-28(44)40(49-15-17)18(2)30-27(54-40)14-25-23-8-7-21-12-22(42)13-29(39(21,6)24(23)9-10-38(25,30)5)52-37-35(31(45)26(43)16-48-37)53-36-33(47)32(46)34(19(3)50-36)51-20(4)41/h7,18-19,22-37,42-47H,1,8-16H2,2-6H3/t18-,19-,22+,23?,24?,25?,26-,27?,28-,29+,30?,31-,32-,33+,34-,35+,36-,37-,38-,39-,40-/m0/s1. The maximum absolute atomic E-state index is 11.6. The molecule has 1 spiro atoms. The lowest BCUT2D eigenvalue weighted by Gasteiger charge is -2.60. The number of carbonyl (C=O) groups is 1. The zero-order valence-electron chi connectivity index (χ0n) is 32.0. The van der Waals surface area contributed by atoms with Crippen LogP contribution >= 0.6 is 0 Å². The topological polar surface area (TPSA) is 203 Å². The monoisotopic (exact) mass is 764 g/mol. The van der Waals surface area contributed by atoms with E-state index in [0.29, 0.717) is 37.7 Å². The van der Waals surface area contributed by atoms with E-state index < -0.39 is 90.8 Å². The maximum Gasteiger partial charge on any atom is 0.303 e. The van der Waals surface area contributed by atoms with E-state index in [9.17, 15) is 35.4 Å². The van der Waals surface area contributed by atoms with E-state index in [4.69, 9.17) is 33.2 Å². The fourth-order valence-electron chi connectivity index (χ4n) is 12.7. The van der Waals surface area contributed by atoms with Crippen LogP contribution in [0.4, 0.5) is 0 Å². The number of aliphatic hydroxyl groups is 6. The third-order valence-electron chi connectivity index (χ3n) is 15.3. The average Bonchev–Trinajstić information content (AvgIpc) is 3.57. The molecule has 4 aliphatic heterocycles. The van der Waals surface area contributed by atoms with Crippen molar-refractivity contribution in [2.75, 3.05) is 13.2 Å². The van der Waals surface area contributed by atoms with E-state index in [0.717, 1.165) is 36.8 Å². The van der Waals surface area contributed by atoms with Gasteiger partial charge in [-0.2, -0.15) is 0 Å². The summed E-state index contributed by atoms with van der Waals surface area (Å²) in [6, 6.07) is 0. The summed E-state index contributed by atoms with van der Waals surface area (Å²) < 4.78 is 43.0. The SMILES string of the molecule is C=C1CO[C@@]2(OC3CC4C5CC=C6C[C@@H](O)C[C@@H](O[C@@H]7OC[C@H](O)[C@H](O)[C@H]7O[C@@H]7O[C@@H](C)[C@H](OC(C)=O)[C@@H](O)[C@H]7O)[C@]6(C)C5CC[C@]4(C)C3[C@@H]2C)[C@@H](O)C1. The molecule has 5 unspecified atom stereocenters. The number of allylic oxidation sites excluding steroid dienone is 1. The summed E-state index contributed by atoms with van der Waals surface area (Å²) in [5.74, 6) is -0.532. The predicted octanol–water partition coefficient (Wildman–Crippen LogP) is 1.46. The molecule has 8 rings (SSSR count). The Morgan fingerprint density at radius 3 is 2.43 bits per heavy atom. The summed E-state index contributed by atoms with van der Waals surface area (Å²) >= 11 is 0. The molecule has 0 aromatic carbocycles. The van der Waals surface area contributed by atoms with Crippen molar-refractivity contribution in [1.29, 1.82) is 0 Å². The number of carbonyl (C=O) groups excluding carboxylic acids is 1. The van der Waals surface area contributed by atoms with Crippen LogP contribution in [-0.4, -0.2) is 135 Å². The number of ether oxygens (including phenoxy) is 7. The van der Waals surface area contributed by atoms with E-state index in [1.807, 2.05) is 0 Å². The van der Waals surface area contributed by atoms with Crippen LogP contribution in [0.15, 0.2) is 23.8 Å². The van der Waals surface area contributed by atoms with Crippen molar-refractivity contribution >= 4 is 5.97 Å². The number of hydrogen-bond acceptors (Lipinski definition) is 14. The first-order chi connectivity index (χ1) is 25.5. The summed E-state index contributed by atoms with van der Waals surface area (Å²) in [6.07, 6.45) is -6.75.